The first-order valence-electron chi connectivity index (χ1n) is 8.75. The summed E-state index contributed by atoms with van der Waals surface area (Å²) in [5, 5.41) is 2.22. The molecule has 1 atom stereocenters. The Morgan fingerprint density at radius 3 is 2.80 bits per heavy atom. The zero-order valence-electron chi connectivity index (χ0n) is 14.3. The number of hydrogen-bond donors (Lipinski definition) is 0. The van der Waals surface area contributed by atoms with E-state index in [9.17, 15) is 4.79 Å². The number of pyridine rings is 1. The van der Waals surface area contributed by atoms with E-state index in [2.05, 4.69) is 39.1 Å². The third kappa shape index (κ3) is 3.48. The van der Waals surface area contributed by atoms with Crippen molar-refractivity contribution < 1.29 is 4.79 Å². The van der Waals surface area contributed by atoms with Crippen LogP contribution in [0.25, 0.3) is 21.2 Å². The Kier molecular flexibility index (Phi) is 4.59. The number of ketones is 1. The number of likely N-dealkylation sites (tertiary alicyclic amines) is 1. The largest absolute Gasteiger partial charge is 0.298 e. The van der Waals surface area contributed by atoms with Crippen LogP contribution in [0.1, 0.15) is 25.5 Å². The lowest BCUT2D eigenvalue weighted by Gasteiger charge is -2.22. The van der Waals surface area contributed by atoms with Gasteiger partial charge >= 0.3 is 0 Å². The van der Waals surface area contributed by atoms with Crippen LogP contribution in [0.2, 0.25) is 0 Å². The Labute approximate surface area is 151 Å². The van der Waals surface area contributed by atoms with Crippen molar-refractivity contribution in [2.45, 2.75) is 32.2 Å². The normalized spacial score (nSPS) is 16.4. The van der Waals surface area contributed by atoms with E-state index in [1.54, 1.807) is 11.3 Å². The fourth-order valence-corrected chi connectivity index (χ4v) is 4.07. The van der Waals surface area contributed by atoms with E-state index < -0.39 is 0 Å². The van der Waals surface area contributed by atoms with Gasteiger partial charge in [-0.25, -0.2) is 0 Å². The van der Waals surface area contributed by atoms with Gasteiger partial charge in [-0.3, -0.25) is 19.7 Å². The van der Waals surface area contributed by atoms with Gasteiger partial charge in [0.15, 0.2) is 5.78 Å². The molecular formula is C20H21N3OS. The molecule has 0 aliphatic carbocycles. The lowest BCUT2D eigenvalue weighted by molar-refractivity contribution is -0.122. The molecule has 2 aromatic heterocycles. The second-order valence-electron chi connectivity index (χ2n) is 6.67. The Balaban J connectivity index is 1.56. The number of aromatic nitrogens is 2. The van der Waals surface area contributed by atoms with Gasteiger partial charge in [0.1, 0.15) is 0 Å². The molecule has 4 rings (SSSR count). The van der Waals surface area contributed by atoms with Crippen molar-refractivity contribution in [2.75, 3.05) is 13.1 Å². The third-order valence-electron chi connectivity index (χ3n) is 5.00. The predicted octanol–water partition coefficient (Wildman–Crippen LogP) is 3.95. The maximum absolute atomic E-state index is 12.6. The fraction of sp³-hybridized carbons (Fsp3) is 0.350. The summed E-state index contributed by atoms with van der Waals surface area (Å²) in [6, 6.07) is 8.37. The van der Waals surface area contributed by atoms with Crippen LogP contribution in [0.15, 0.2) is 42.2 Å². The van der Waals surface area contributed by atoms with E-state index in [0.29, 0.717) is 6.42 Å². The minimum absolute atomic E-state index is 0.0106. The van der Waals surface area contributed by atoms with Crippen molar-refractivity contribution in [3.63, 3.8) is 0 Å². The second-order valence-corrected chi connectivity index (χ2v) is 7.55. The summed E-state index contributed by atoms with van der Waals surface area (Å²) in [6.45, 7) is 4.10. The molecule has 0 spiro atoms. The number of carbonyl (C=O) groups excluding carboxylic acids is 1. The van der Waals surface area contributed by atoms with Crippen molar-refractivity contribution in [2.24, 2.45) is 0 Å². The first-order chi connectivity index (χ1) is 12.2. The van der Waals surface area contributed by atoms with Crippen LogP contribution in [0.3, 0.4) is 0 Å². The summed E-state index contributed by atoms with van der Waals surface area (Å²) in [4.78, 5) is 24.7. The van der Waals surface area contributed by atoms with Crippen molar-refractivity contribution in [1.29, 1.82) is 0 Å². The Morgan fingerprint density at radius 1 is 1.20 bits per heavy atom. The number of Topliss-reactive ketones (excluding diaryl/α,β-unsaturated/α-hetero) is 1. The third-order valence-corrected chi connectivity index (χ3v) is 5.83. The summed E-state index contributed by atoms with van der Waals surface area (Å²) >= 11 is 1.63. The molecule has 4 nitrogen and oxygen atoms in total. The number of carbonyl (C=O) groups is 1. The fourth-order valence-electron chi connectivity index (χ4n) is 3.45. The van der Waals surface area contributed by atoms with Gasteiger partial charge in [-0.15, -0.1) is 11.3 Å². The topological polar surface area (TPSA) is 46.1 Å². The number of nitrogens with zero attached hydrogens (tertiary/aromatic N) is 3. The van der Waals surface area contributed by atoms with Gasteiger partial charge in [0.2, 0.25) is 0 Å². The maximum Gasteiger partial charge on any atom is 0.155 e. The second kappa shape index (κ2) is 7.02. The average Bonchev–Trinajstić information content (AvgIpc) is 3.34. The SMILES string of the molecule is CC(C(=O)Cc1cc2cc(-c3cncs3)ccc2cn1)N1CCCC1. The van der Waals surface area contributed by atoms with Gasteiger partial charge in [0, 0.05) is 23.5 Å². The monoisotopic (exact) mass is 351 g/mol. The van der Waals surface area contributed by atoms with Crippen LogP contribution in [0.5, 0.6) is 0 Å². The van der Waals surface area contributed by atoms with Crippen LogP contribution in [0, 0.1) is 0 Å². The quantitative estimate of drug-likeness (QED) is 0.698. The summed E-state index contributed by atoms with van der Waals surface area (Å²) in [5.74, 6) is 0.257. The van der Waals surface area contributed by atoms with Crippen molar-refractivity contribution in [1.82, 2.24) is 14.9 Å². The summed E-state index contributed by atoms with van der Waals surface area (Å²) in [5.41, 5.74) is 3.85. The van der Waals surface area contributed by atoms with Crippen LogP contribution in [-0.2, 0) is 11.2 Å². The van der Waals surface area contributed by atoms with Crippen molar-refractivity contribution in [3.05, 3.63) is 47.9 Å². The number of hydrogen-bond acceptors (Lipinski definition) is 5. The van der Waals surface area contributed by atoms with Crippen LogP contribution < -0.4 is 0 Å². The predicted molar refractivity (Wildman–Crippen MR) is 102 cm³/mol. The number of fused-ring (bicyclic) bond motifs is 1. The minimum atomic E-state index is -0.0106. The molecule has 3 aromatic rings. The highest BCUT2D eigenvalue weighted by Crippen LogP contribution is 2.27. The van der Waals surface area contributed by atoms with Gasteiger partial charge in [0.05, 0.1) is 22.9 Å². The Morgan fingerprint density at radius 2 is 2.04 bits per heavy atom. The van der Waals surface area contributed by atoms with E-state index in [1.807, 2.05) is 24.8 Å². The smallest absolute Gasteiger partial charge is 0.155 e. The zero-order chi connectivity index (χ0) is 17.2. The number of benzene rings is 1. The highest BCUT2D eigenvalue weighted by Gasteiger charge is 2.24. The van der Waals surface area contributed by atoms with Gasteiger partial charge in [-0.1, -0.05) is 12.1 Å². The van der Waals surface area contributed by atoms with Gasteiger partial charge in [0.25, 0.3) is 0 Å². The Hall–Kier alpha value is -2.11. The van der Waals surface area contributed by atoms with Crippen molar-refractivity contribution in [3.8, 4) is 10.4 Å². The highest BCUT2D eigenvalue weighted by molar-refractivity contribution is 7.13. The number of rotatable bonds is 5. The highest BCUT2D eigenvalue weighted by atomic mass is 32.1. The lowest BCUT2D eigenvalue weighted by Crippen LogP contribution is -2.37. The maximum atomic E-state index is 12.6. The molecule has 1 fully saturated rings. The summed E-state index contributed by atoms with van der Waals surface area (Å²) in [6.07, 6.45) is 6.56. The molecule has 25 heavy (non-hydrogen) atoms. The standard InChI is InChI=1S/C20H21N3OS/c1-14(23-6-2-3-7-23)19(24)10-18-9-17-8-15(20-12-21-13-25-20)4-5-16(17)11-22-18/h4-5,8-9,11-14H,2-3,6-7,10H2,1H3. The van der Waals surface area contributed by atoms with Crippen LogP contribution in [0.4, 0.5) is 0 Å². The zero-order valence-corrected chi connectivity index (χ0v) is 15.1. The van der Waals surface area contributed by atoms with Crippen LogP contribution in [-0.4, -0.2) is 39.8 Å². The molecule has 5 heteroatoms. The Bertz CT molecular complexity index is 885. The van der Waals surface area contributed by atoms with E-state index in [-0.39, 0.29) is 11.8 Å². The first kappa shape index (κ1) is 16.4. The molecule has 1 aliphatic rings. The van der Waals surface area contributed by atoms with Crippen molar-refractivity contribution >= 4 is 27.9 Å². The molecule has 3 heterocycles. The molecule has 128 valence electrons. The molecule has 1 unspecified atom stereocenters. The lowest BCUT2D eigenvalue weighted by atomic mass is 10.0. The molecule has 1 aliphatic heterocycles. The number of thiazole rings is 1. The minimum Gasteiger partial charge on any atom is -0.298 e. The van der Waals surface area contributed by atoms with E-state index in [0.717, 1.165) is 40.0 Å². The van der Waals surface area contributed by atoms with Gasteiger partial charge in [-0.2, -0.15) is 0 Å². The van der Waals surface area contributed by atoms with Gasteiger partial charge in [-0.05, 0) is 55.9 Å². The first-order valence-corrected chi connectivity index (χ1v) is 9.63. The molecule has 1 saturated heterocycles. The van der Waals surface area contributed by atoms with Gasteiger partial charge < -0.3 is 0 Å². The van der Waals surface area contributed by atoms with E-state index in [4.69, 9.17) is 0 Å². The molecule has 0 amide bonds. The average molecular weight is 351 g/mol. The van der Waals surface area contributed by atoms with Crippen LogP contribution >= 0.6 is 11.3 Å². The molecule has 0 saturated carbocycles. The summed E-state index contributed by atoms with van der Waals surface area (Å²) in [7, 11) is 0. The van der Waals surface area contributed by atoms with E-state index in [1.165, 1.54) is 12.8 Å². The van der Waals surface area contributed by atoms with E-state index >= 15 is 0 Å². The summed E-state index contributed by atoms with van der Waals surface area (Å²) < 4.78 is 0. The molecule has 0 N–H and O–H groups in total. The molecule has 0 bridgehead atoms. The molecule has 1 aromatic carbocycles. The molecule has 0 radical (unpaired) electrons. The molecular weight excluding hydrogens is 330 g/mol.